The van der Waals surface area contributed by atoms with Gasteiger partial charge in [0.2, 0.25) is 0 Å². The molecular formula is C2H6CdO2. The van der Waals surface area contributed by atoms with Crippen molar-refractivity contribution in [2.24, 2.45) is 0 Å². The number of aliphatic hydroxyl groups excluding tert-OH is 2. The second kappa shape index (κ2) is 8.85. The summed E-state index contributed by atoms with van der Waals surface area (Å²) in [6, 6.07) is 0. The molecule has 5 heavy (non-hydrogen) atoms. The van der Waals surface area contributed by atoms with Crippen LogP contribution in [0.1, 0.15) is 0 Å². The maximum Gasteiger partial charge on any atom is 0.0662 e. The third kappa shape index (κ3) is 11.5. The van der Waals surface area contributed by atoms with E-state index in [1.807, 2.05) is 0 Å². The zero-order chi connectivity index (χ0) is 3.41. The van der Waals surface area contributed by atoms with Gasteiger partial charge in [0.05, 0.1) is 13.2 Å². The molecule has 28 valence electrons. The third-order valence-corrected chi connectivity index (χ3v) is 0.1000. The first-order valence-electron chi connectivity index (χ1n) is 1.13. The van der Waals surface area contributed by atoms with Crippen LogP contribution < -0.4 is 0 Å². The van der Waals surface area contributed by atoms with Crippen molar-refractivity contribution in [2.75, 3.05) is 13.2 Å². The number of hydrogen-bond donors (Lipinski definition) is 2. The second-order valence-corrected chi connectivity index (χ2v) is 0.447. The zero-order valence-electron chi connectivity index (χ0n) is 3.02. The topological polar surface area (TPSA) is 40.5 Å². The monoisotopic (exact) mass is 176 g/mol. The Hall–Kier alpha value is 0.842. The van der Waals surface area contributed by atoms with Crippen molar-refractivity contribution < 1.29 is 37.5 Å². The van der Waals surface area contributed by atoms with Crippen LogP contribution in [0.3, 0.4) is 0 Å². The molecule has 0 aromatic rings. The van der Waals surface area contributed by atoms with Crippen LogP contribution in [-0.2, 0) is 27.3 Å². The Morgan fingerprint density at radius 1 is 1.00 bits per heavy atom. The van der Waals surface area contributed by atoms with Crippen molar-refractivity contribution in [1.82, 2.24) is 0 Å². The molecule has 2 nitrogen and oxygen atoms in total. The van der Waals surface area contributed by atoms with E-state index in [0.29, 0.717) is 0 Å². The molecule has 0 radical (unpaired) electrons. The van der Waals surface area contributed by atoms with Crippen LogP contribution >= 0.6 is 0 Å². The van der Waals surface area contributed by atoms with Gasteiger partial charge >= 0.3 is 0 Å². The van der Waals surface area contributed by atoms with Gasteiger partial charge in [-0.1, -0.05) is 0 Å². The maximum absolute atomic E-state index is 7.62. The molecule has 0 saturated heterocycles. The van der Waals surface area contributed by atoms with Gasteiger partial charge in [0.25, 0.3) is 0 Å². The molecule has 0 aliphatic heterocycles. The van der Waals surface area contributed by atoms with Crippen molar-refractivity contribution in [3.05, 3.63) is 0 Å². The van der Waals surface area contributed by atoms with Crippen LogP contribution in [0.5, 0.6) is 0 Å². The van der Waals surface area contributed by atoms with Crippen LogP contribution in [0.2, 0.25) is 0 Å². The van der Waals surface area contributed by atoms with Gasteiger partial charge in [-0.05, 0) is 0 Å². The molecule has 0 aliphatic carbocycles. The number of hydrogen-bond acceptors (Lipinski definition) is 2. The number of aliphatic hydroxyl groups is 2. The van der Waals surface area contributed by atoms with Crippen molar-refractivity contribution in [1.29, 1.82) is 0 Å². The Bertz CT molecular complexity index is 9.61. The molecule has 0 aliphatic rings. The Morgan fingerprint density at radius 2 is 1.20 bits per heavy atom. The van der Waals surface area contributed by atoms with Gasteiger partial charge in [-0.15, -0.1) is 0 Å². The van der Waals surface area contributed by atoms with E-state index in [-0.39, 0.29) is 40.5 Å². The first-order chi connectivity index (χ1) is 1.91. The summed E-state index contributed by atoms with van der Waals surface area (Å²) in [5.41, 5.74) is 0. The fourth-order valence-electron chi connectivity index (χ4n) is 0. The van der Waals surface area contributed by atoms with Gasteiger partial charge in [-0.25, -0.2) is 0 Å². The first-order valence-corrected chi connectivity index (χ1v) is 1.13. The van der Waals surface area contributed by atoms with Crippen molar-refractivity contribution in [2.45, 2.75) is 0 Å². The summed E-state index contributed by atoms with van der Waals surface area (Å²) in [4.78, 5) is 0. The van der Waals surface area contributed by atoms with Gasteiger partial charge < -0.3 is 10.2 Å². The minimum absolute atomic E-state index is 0. The molecule has 0 spiro atoms. The molecule has 0 heterocycles. The summed E-state index contributed by atoms with van der Waals surface area (Å²) in [6.45, 7) is -0.250. The predicted octanol–water partition coefficient (Wildman–Crippen LogP) is -1.03. The SMILES string of the molecule is OCCO.[Cd]. The van der Waals surface area contributed by atoms with Gasteiger partial charge in [-0.2, -0.15) is 0 Å². The molecule has 0 atom stereocenters. The molecule has 0 bridgehead atoms. The standard InChI is InChI=1S/C2H6O2.Cd/c3-1-2-4;/h3-4H,1-2H2;. The third-order valence-electron chi connectivity index (χ3n) is 0.1000. The molecule has 3 heteroatoms. The average molecular weight is 174 g/mol. The van der Waals surface area contributed by atoms with Crippen molar-refractivity contribution in [3.63, 3.8) is 0 Å². The Kier molecular flexibility index (Phi) is 16.4. The molecular weight excluding hydrogens is 168 g/mol. The average Bonchev–Trinajstić information content (AvgIpc) is 1.37. The Labute approximate surface area is 51.0 Å². The molecule has 0 unspecified atom stereocenters. The number of rotatable bonds is 1. The normalized spacial score (nSPS) is 6.00. The molecule has 0 amide bonds. The molecule has 0 saturated carbocycles. The first kappa shape index (κ1) is 9.28. The molecule has 0 rings (SSSR count). The van der Waals surface area contributed by atoms with E-state index in [1.54, 1.807) is 0 Å². The second-order valence-electron chi connectivity index (χ2n) is 0.447. The largest absolute Gasteiger partial charge is 0.394 e. The van der Waals surface area contributed by atoms with Gasteiger partial charge in [0, 0.05) is 27.3 Å². The zero-order valence-corrected chi connectivity index (χ0v) is 7.05. The molecule has 2 N–H and O–H groups in total. The summed E-state index contributed by atoms with van der Waals surface area (Å²) in [7, 11) is 0. The van der Waals surface area contributed by atoms with Crippen molar-refractivity contribution in [3.8, 4) is 0 Å². The summed E-state index contributed by atoms with van der Waals surface area (Å²) >= 11 is 0. The summed E-state index contributed by atoms with van der Waals surface area (Å²) in [6.07, 6.45) is 0. The van der Waals surface area contributed by atoms with Crippen LogP contribution in [0.25, 0.3) is 0 Å². The fourth-order valence-corrected chi connectivity index (χ4v) is 0. The fraction of sp³-hybridized carbons (Fsp3) is 1.00. The van der Waals surface area contributed by atoms with E-state index < -0.39 is 0 Å². The van der Waals surface area contributed by atoms with Gasteiger partial charge in [0.1, 0.15) is 0 Å². The molecule has 0 aromatic heterocycles. The smallest absolute Gasteiger partial charge is 0.0662 e. The quantitative estimate of drug-likeness (QED) is 0.499. The van der Waals surface area contributed by atoms with Crippen molar-refractivity contribution >= 4 is 0 Å². The van der Waals surface area contributed by atoms with E-state index in [0.717, 1.165) is 0 Å². The van der Waals surface area contributed by atoms with E-state index >= 15 is 0 Å². The van der Waals surface area contributed by atoms with Gasteiger partial charge in [0.15, 0.2) is 0 Å². The summed E-state index contributed by atoms with van der Waals surface area (Å²) in [5, 5.41) is 15.2. The Morgan fingerprint density at radius 3 is 1.20 bits per heavy atom. The summed E-state index contributed by atoms with van der Waals surface area (Å²) in [5.74, 6) is 0. The van der Waals surface area contributed by atoms with E-state index in [1.165, 1.54) is 0 Å². The van der Waals surface area contributed by atoms with E-state index in [4.69, 9.17) is 10.2 Å². The minimum atomic E-state index is -0.125. The van der Waals surface area contributed by atoms with Crippen LogP contribution in [0.4, 0.5) is 0 Å². The van der Waals surface area contributed by atoms with Crippen LogP contribution in [0, 0.1) is 0 Å². The minimum Gasteiger partial charge on any atom is -0.394 e. The van der Waals surface area contributed by atoms with Crippen LogP contribution in [0.15, 0.2) is 0 Å². The van der Waals surface area contributed by atoms with E-state index in [9.17, 15) is 0 Å². The predicted molar refractivity (Wildman–Crippen MR) is 14.2 cm³/mol. The van der Waals surface area contributed by atoms with Gasteiger partial charge in [-0.3, -0.25) is 0 Å². The van der Waals surface area contributed by atoms with E-state index in [2.05, 4.69) is 0 Å². The molecule has 0 fully saturated rings. The maximum atomic E-state index is 7.62. The molecule has 0 aromatic carbocycles. The van der Waals surface area contributed by atoms with Crippen LogP contribution in [-0.4, -0.2) is 23.4 Å². The summed E-state index contributed by atoms with van der Waals surface area (Å²) < 4.78 is 0. The Balaban J connectivity index is 0.